The number of alkyl halides is 3. The Labute approximate surface area is 209 Å². The summed E-state index contributed by atoms with van der Waals surface area (Å²) < 4.78 is 50.9. The third-order valence-electron chi connectivity index (χ3n) is 5.70. The summed E-state index contributed by atoms with van der Waals surface area (Å²) in [7, 11) is 1.33. The Morgan fingerprint density at radius 3 is 2.69 bits per heavy atom. The SMILES string of the molecule is COC(=O)c1ccc([C@H](C)Nc2ncc(Br)c3c2N(Cc2cccc(C(F)(F)F)c2)CCO3)cc1. The number of pyridine rings is 1. The summed E-state index contributed by atoms with van der Waals surface area (Å²) >= 11 is 3.47. The lowest BCUT2D eigenvalue weighted by atomic mass is 10.1. The average molecular weight is 550 g/mol. The Kier molecular flexibility index (Phi) is 7.20. The summed E-state index contributed by atoms with van der Waals surface area (Å²) in [5, 5.41) is 3.38. The van der Waals surface area contributed by atoms with E-state index in [1.165, 1.54) is 19.2 Å². The van der Waals surface area contributed by atoms with E-state index in [2.05, 4.69) is 26.2 Å². The summed E-state index contributed by atoms with van der Waals surface area (Å²) in [6.45, 7) is 3.08. The Morgan fingerprint density at radius 1 is 1.26 bits per heavy atom. The molecule has 1 aromatic heterocycles. The van der Waals surface area contributed by atoms with Gasteiger partial charge in [0.05, 0.1) is 35.3 Å². The van der Waals surface area contributed by atoms with Gasteiger partial charge in [-0.3, -0.25) is 0 Å². The molecule has 0 unspecified atom stereocenters. The van der Waals surface area contributed by atoms with Crippen molar-refractivity contribution in [2.24, 2.45) is 0 Å². The highest BCUT2D eigenvalue weighted by Gasteiger charge is 2.31. The summed E-state index contributed by atoms with van der Waals surface area (Å²) in [5.74, 6) is 0.705. The van der Waals surface area contributed by atoms with E-state index >= 15 is 0 Å². The van der Waals surface area contributed by atoms with Crippen molar-refractivity contribution in [3.63, 3.8) is 0 Å². The van der Waals surface area contributed by atoms with E-state index in [4.69, 9.17) is 9.47 Å². The number of nitrogens with one attached hydrogen (secondary N) is 1. The molecule has 4 rings (SSSR count). The van der Waals surface area contributed by atoms with Gasteiger partial charge in [0, 0.05) is 12.7 Å². The fourth-order valence-electron chi connectivity index (χ4n) is 3.91. The number of fused-ring (bicyclic) bond motifs is 1. The number of aromatic nitrogens is 1. The molecule has 1 N–H and O–H groups in total. The highest BCUT2D eigenvalue weighted by Crippen LogP contribution is 2.44. The second kappa shape index (κ2) is 10.2. The minimum Gasteiger partial charge on any atom is -0.488 e. The molecule has 1 aliphatic rings. The number of ether oxygens (including phenoxy) is 2. The van der Waals surface area contributed by atoms with E-state index in [-0.39, 0.29) is 12.6 Å². The maximum Gasteiger partial charge on any atom is 0.416 e. The Morgan fingerprint density at radius 2 is 2.00 bits per heavy atom. The van der Waals surface area contributed by atoms with E-state index in [0.717, 1.165) is 11.6 Å². The van der Waals surface area contributed by atoms with E-state index in [1.54, 1.807) is 24.4 Å². The normalized spacial score (nSPS) is 14.1. The molecule has 0 radical (unpaired) electrons. The Hall–Kier alpha value is -3.27. The highest BCUT2D eigenvalue weighted by molar-refractivity contribution is 9.10. The van der Waals surface area contributed by atoms with Gasteiger partial charge in [-0.05, 0) is 58.2 Å². The van der Waals surface area contributed by atoms with Crippen LogP contribution in [0.2, 0.25) is 0 Å². The van der Waals surface area contributed by atoms with E-state index < -0.39 is 17.7 Å². The number of benzene rings is 2. The molecule has 0 amide bonds. The number of esters is 1. The third kappa shape index (κ3) is 5.53. The molecular weight excluding hydrogens is 527 g/mol. The second-order valence-corrected chi connectivity index (χ2v) is 8.93. The molecular formula is C25H23BrF3N3O3. The summed E-state index contributed by atoms with van der Waals surface area (Å²) in [4.78, 5) is 18.2. The smallest absolute Gasteiger partial charge is 0.416 e. The number of carbonyl (C=O) groups is 1. The van der Waals surface area contributed by atoms with Gasteiger partial charge in [-0.25, -0.2) is 9.78 Å². The first-order valence-corrected chi connectivity index (χ1v) is 11.6. The molecule has 1 aliphatic heterocycles. The van der Waals surface area contributed by atoms with E-state index in [9.17, 15) is 18.0 Å². The van der Waals surface area contributed by atoms with Gasteiger partial charge >= 0.3 is 12.1 Å². The van der Waals surface area contributed by atoms with Crippen molar-refractivity contribution in [3.8, 4) is 5.75 Å². The Balaban J connectivity index is 1.62. The van der Waals surface area contributed by atoms with Crippen LogP contribution in [0, 0.1) is 0 Å². The van der Waals surface area contributed by atoms with Gasteiger partial charge in [-0.1, -0.05) is 24.3 Å². The summed E-state index contributed by atoms with van der Waals surface area (Å²) in [6, 6.07) is 12.2. The minimum atomic E-state index is -4.41. The molecule has 2 heterocycles. The van der Waals surface area contributed by atoms with Crippen LogP contribution < -0.4 is 15.0 Å². The number of hydrogen-bond donors (Lipinski definition) is 1. The van der Waals surface area contributed by atoms with Crippen LogP contribution in [0.15, 0.2) is 59.2 Å². The van der Waals surface area contributed by atoms with Crippen molar-refractivity contribution in [2.75, 3.05) is 30.5 Å². The lowest BCUT2D eigenvalue weighted by Crippen LogP contribution is -2.33. The van der Waals surface area contributed by atoms with Crippen LogP contribution in [0.5, 0.6) is 5.75 Å². The fraction of sp³-hybridized carbons (Fsp3) is 0.280. The second-order valence-electron chi connectivity index (χ2n) is 8.08. The predicted octanol–water partition coefficient (Wildman–Crippen LogP) is 6.22. The van der Waals surface area contributed by atoms with Gasteiger partial charge < -0.3 is 19.7 Å². The first-order chi connectivity index (χ1) is 16.7. The topological polar surface area (TPSA) is 63.7 Å². The maximum atomic E-state index is 13.2. The minimum absolute atomic E-state index is 0.184. The molecule has 3 aromatic rings. The zero-order valence-corrected chi connectivity index (χ0v) is 20.6. The lowest BCUT2D eigenvalue weighted by Gasteiger charge is -2.34. The Bertz CT molecular complexity index is 1220. The quantitative estimate of drug-likeness (QED) is 0.368. The molecule has 0 saturated heterocycles. The fourth-order valence-corrected chi connectivity index (χ4v) is 4.31. The number of carbonyl (C=O) groups excluding carboxylic acids is 1. The van der Waals surface area contributed by atoms with Crippen LogP contribution in [0.1, 0.15) is 40.0 Å². The molecule has 0 bridgehead atoms. The number of methoxy groups -OCH3 is 1. The maximum absolute atomic E-state index is 13.2. The van der Waals surface area contributed by atoms with E-state index in [0.29, 0.717) is 46.0 Å². The standard InChI is InChI=1S/C25H23BrF3N3O3/c1-15(17-6-8-18(9-7-17)24(33)34-2)31-23-21-22(20(26)13-30-23)35-11-10-32(21)14-16-4-3-5-19(12-16)25(27,28)29/h3-9,12-13,15H,10-11,14H2,1-2H3,(H,30,31)/t15-/m0/s1. The lowest BCUT2D eigenvalue weighted by molar-refractivity contribution is -0.137. The van der Waals surface area contributed by atoms with Gasteiger partial charge in [0.25, 0.3) is 0 Å². The molecule has 2 aromatic carbocycles. The number of nitrogens with zero attached hydrogens (tertiary/aromatic N) is 2. The van der Waals surface area contributed by atoms with Crippen LogP contribution in [-0.4, -0.2) is 31.2 Å². The zero-order chi connectivity index (χ0) is 25.2. The predicted molar refractivity (Wildman–Crippen MR) is 130 cm³/mol. The molecule has 184 valence electrons. The van der Waals surface area contributed by atoms with Crippen molar-refractivity contribution in [3.05, 3.63) is 81.5 Å². The zero-order valence-electron chi connectivity index (χ0n) is 19.0. The number of rotatable bonds is 6. The first-order valence-electron chi connectivity index (χ1n) is 10.8. The van der Waals surface area contributed by atoms with Crippen LogP contribution in [0.4, 0.5) is 24.7 Å². The van der Waals surface area contributed by atoms with Crippen molar-refractivity contribution in [2.45, 2.75) is 25.7 Å². The molecule has 6 nitrogen and oxygen atoms in total. The average Bonchev–Trinajstić information content (AvgIpc) is 2.85. The molecule has 1 atom stereocenters. The van der Waals surface area contributed by atoms with Crippen molar-refractivity contribution in [1.82, 2.24) is 4.98 Å². The largest absolute Gasteiger partial charge is 0.488 e. The van der Waals surface area contributed by atoms with Gasteiger partial charge in [0.2, 0.25) is 0 Å². The van der Waals surface area contributed by atoms with Crippen molar-refractivity contribution >= 4 is 33.4 Å². The number of hydrogen-bond acceptors (Lipinski definition) is 6. The van der Waals surface area contributed by atoms with Crippen molar-refractivity contribution in [1.29, 1.82) is 0 Å². The van der Waals surface area contributed by atoms with Gasteiger partial charge in [-0.15, -0.1) is 0 Å². The van der Waals surface area contributed by atoms with Crippen molar-refractivity contribution < 1.29 is 27.4 Å². The molecule has 10 heteroatoms. The number of anilines is 2. The monoisotopic (exact) mass is 549 g/mol. The van der Waals surface area contributed by atoms with E-state index in [1.807, 2.05) is 24.0 Å². The van der Waals surface area contributed by atoms with Crippen LogP contribution in [-0.2, 0) is 17.5 Å². The summed E-state index contributed by atoms with van der Waals surface area (Å²) in [6.07, 6.45) is -2.78. The van der Waals surface area contributed by atoms with Crippen LogP contribution >= 0.6 is 15.9 Å². The molecule has 0 fully saturated rings. The number of halogens is 4. The molecule has 0 aliphatic carbocycles. The summed E-state index contributed by atoms with van der Waals surface area (Å²) in [5.41, 5.74) is 1.88. The van der Waals surface area contributed by atoms with Gasteiger partial charge in [-0.2, -0.15) is 13.2 Å². The molecule has 0 saturated carbocycles. The van der Waals surface area contributed by atoms with Crippen LogP contribution in [0.25, 0.3) is 0 Å². The van der Waals surface area contributed by atoms with Gasteiger partial charge in [0.1, 0.15) is 12.3 Å². The molecule has 35 heavy (non-hydrogen) atoms. The highest BCUT2D eigenvalue weighted by atomic mass is 79.9. The van der Waals surface area contributed by atoms with Crippen LogP contribution in [0.3, 0.4) is 0 Å². The van der Waals surface area contributed by atoms with Gasteiger partial charge in [0.15, 0.2) is 11.6 Å². The first kappa shape index (κ1) is 24.8. The molecule has 0 spiro atoms. The third-order valence-corrected chi connectivity index (χ3v) is 6.26.